The van der Waals surface area contributed by atoms with E-state index in [9.17, 15) is 9.59 Å². The highest BCUT2D eigenvalue weighted by Gasteiger charge is 2.21. The zero-order valence-corrected chi connectivity index (χ0v) is 27.2. The van der Waals surface area contributed by atoms with Crippen molar-refractivity contribution in [3.05, 3.63) is 65.7 Å². The van der Waals surface area contributed by atoms with Crippen molar-refractivity contribution in [1.29, 1.82) is 0 Å². The summed E-state index contributed by atoms with van der Waals surface area (Å²) in [6.07, 6.45) is 5.50. The van der Waals surface area contributed by atoms with Crippen molar-refractivity contribution in [2.45, 2.75) is 73.6 Å². The first-order chi connectivity index (χ1) is 20.3. The van der Waals surface area contributed by atoms with Gasteiger partial charge < -0.3 is 19.1 Å². The number of aryl methyl sites for hydroxylation is 1. The molecule has 0 spiro atoms. The number of allylic oxidation sites excluding steroid dienone is 1. The molecule has 234 valence electrons. The number of amides is 1. The summed E-state index contributed by atoms with van der Waals surface area (Å²) in [4.78, 5) is 27.0. The number of unbranched alkanes of at least 4 members (excludes halogenated alkanes) is 1. The number of carbonyl (C=O) groups excluding carboxylic acids is 2. The number of benzene rings is 2. The van der Waals surface area contributed by atoms with E-state index in [4.69, 9.17) is 14.2 Å². The second-order valence-electron chi connectivity index (χ2n) is 9.94. The van der Waals surface area contributed by atoms with Crippen LogP contribution in [0.1, 0.15) is 88.7 Å². The fourth-order valence-electron chi connectivity index (χ4n) is 4.46. The van der Waals surface area contributed by atoms with Gasteiger partial charge in [-0.05, 0) is 74.1 Å². The maximum atomic E-state index is 11.6. The van der Waals surface area contributed by atoms with Gasteiger partial charge >= 0.3 is 6.09 Å². The molecule has 42 heavy (non-hydrogen) atoms. The molecule has 0 bridgehead atoms. The molecule has 0 aliphatic carbocycles. The Labute approximate surface area is 254 Å². The minimum atomic E-state index is -0.232. The van der Waals surface area contributed by atoms with Crippen molar-refractivity contribution < 1.29 is 23.8 Å². The number of ketones is 1. The van der Waals surface area contributed by atoms with E-state index in [0.29, 0.717) is 37.6 Å². The van der Waals surface area contributed by atoms with Crippen LogP contribution in [-0.4, -0.2) is 74.7 Å². The quantitative estimate of drug-likeness (QED) is 0.224. The third-order valence-corrected chi connectivity index (χ3v) is 6.86. The zero-order valence-electron chi connectivity index (χ0n) is 27.2. The number of piperazine rings is 1. The summed E-state index contributed by atoms with van der Waals surface area (Å²) in [6.45, 7) is 20.7. The standard InChI is InChI=1S/C17H24N2O4.C16H24O.C2H6/c1-3-22-17(21)19-9-7-18(8-10-19)11-12-23-16-6-4-5-15(13-16)14(2)20;1-5-7-9-13(3)14-10-11-16(17-4)15(12-14)8-6-2;1-2/h4-6,13H,3,7-12H2,1-2H3;10-12H,3,5-9H2,1-2,4H3;1-2H3. The minimum Gasteiger partial charge on any atom is -0.496 e. The van der Waals surface area contributed by atoms with E-state index in [1.165, 1.54) is 29.5 Å². The van der Waals surface area contributed by atoms with Crippen LogP contribution in [0.4, 0.5) is 4.79 Å². The second-order valence-corrected chi connectivity index (χ2v) is 9.94. The van der Waals surface area contributed by atoms with Gasteiger partial charge in [-0.2, -0.15) is 0 Å². The lowest BCUT2D eigenvalue weighted by atomic mass is 9.98. The molecule has 0 aromatic heterocycles. The van der Waals surface area contributed by atoms with Gasteiger partial charge in [0.15, 0.2) is 5.78 Å². The normalized spacial score (nSPS) is 12.7. The van der Waals surface area contributed by atoms with Crippen LogP contribution in [0.3, 0.4) is 0 Å². The molecule has 0 unspecified atom stereocenters. The van der Waals surface area contributed by atoms with Crippen LogP contribution in [0.2, 0.25) is 0 Å². The molecule has 3 rings (SSSR count). The van der Waals surface area contributed by atoms with Crippen molar-refractivity contribution in [3.8, 4) is 11.5 Å². The SMILES string of the molecule is C=C(CCCC)c1ccc(OC)c(CCC)c1.CC.CCOC(=O)N1CCN(CCOc2cccc(C(C)=O)c2)CC1. The van der Waals surface area contributed by atoms with Crippen LogP contribution in [0, 0.1) is 0 Å². The van der Waals surface area contributed by atoms with Crippen LogP contribution in [-0.2, 0) is 11.2 Å². The summed E-state index contributed by atoms with van der Waals surface area (Å²) in [6, 6.07) is 13.6. The third-order valence-electron chi connectivity index (χ3n) is 6.86. The number of ether oxygens (including phenoxy) is 3. The molecule has 2 aromatic carbocycles. The van der Waals surface area contributed by atoms with E-state index < -0.39 is 0 Å². The number of Topliss-reactive ketones (excluding diaryl/α,β-unsaturated/α-hetero) is 1. The first-order valence-corrected chi connectivity index (χ1v) is 15.6. The monoisotopic (exact) mass is 582 g/mol. The highest BCUT2D eigenvalue weighted by atomic mass is 16.6. The van der Waals surface area contributed by atoms with E-state index in [0.717, 1.165) is 44.6 Å². The van der Waals surface area contributed by atoms with Crippen LogP contribution in [0.5, 0.6) is 11.5 Å². The van der Waals surface area contributed by atoms with E-state index in [-0.39, 0.29) is 11.9 Å². The Morgan fingerprint density at radius 2 is 1.64 bits per heavy atom. The highest BCUT2D eigenvalue weighted by molar-refractivity contribution is 5.94. The molecule has 0 saturated carbocycles. The molecule has 1 aliphatic rings. The molecular formula is C35H54N2O5. The van der Waals surface area contributed by atoms with Gasteiger partial charge in [0.05, 0.1) is 13.7 Å². The fourth-order valence-corrected chi connectivity index (χ4v) is 4.46. The Bertz CT molecular complexity index is 1080. The molecule has 0 N–H and O–H groups in total. The Hall–Kier alpha value is -3.32. The fraction of sp³-hybridized carbons (Fsp3) is 0.543. The molecule has 1 saturated heterocycles. The predicted octanol–water partition coefficient (Wildman–Crippen LogP) is 7.92. The summed E-state index contributed by atoms with van der Waals surface area (Å²) in [5, 5.41) is 0. The number of carbonyl (C=O) groups is 2. The van der Waals surface area contributed by atoms with Gasteiger partial charge in [0.1, 0.15) is 18.1 Å². The lowest BCUT2D eigenvalue weighted by Gasteiger charge is -2.33. The summed E-state index contributed by atoms with van der Waals surface area (Å²) in [7, 11) is 1.74. The highest BCUT2D eigenvalue weighted by Crippen LogP contribution is 2.26. The molecular weight excluding hydrogens is 528 g/mol. The van der Waals surface area contributed by atoms with Crippen LogP contribution in [0.15, 0.2) is 49.0 Å². The van der Waals surface area contributed by atoms with E-state index >= 15 is 0 Å². The first kappa shape index (κ1) is 36.7. The van der Waals surface area contributed by atoms with Gasteiger partial charge in [-0.1, -0.05) is 65.3 Å². The van der Waals surface area contributed by atoms with Crippen molar-refractivity contribution in [3.63, 3.8) is 0 Å². The molecule has 1 aliphatic heterocycles. The van der Waals surface area contributed by atoms with Gasteiger partial charge in [0.2, 0.25) is 0 Å². The summed E-state index contributed by atoms with van der Waals surface area (Å²) in [5.74, 6) is 1.74. The van der Waals surface area contributed by atoms with E-state index in [1.54, 1.807) is 31.1 Å². The van der Waals surface area contributed by atoms with Gasteiger partial charge in [0.25, 0.3) is 0 Å². The number of hydrogen-bond acceptors (Lipinski definition) is 6. The van der Waals surface area contributed by atoms with Gasteiger partial charge in [0, 0.05) is 38.3 Å². The average molecular weight is 583 g/mol. The predicted molar refractivity (Wildman–Crippen MR) is 174 cm³/mol. The van der Waals surface area contributed by atoms with Crippen LogP contribution >= 0.6 is 0 Å². The zero-order chi connectivity index (χ0) is 31.3. The Kier molecular flexibility index (Phi) is 18.7. The number of rotatable bonds is 13. The van der Waals surface area contributed by atoms with E-state index in [2.05, 4.69) is 43.5 Å². The maximum Gasteiger partial charge on any atom is 0.409 e. The summed E-state index contributed by atoms with van der Waals surface area (Å²) >= 11 is 0. The Balaban J connectivity index is 0.000000413. The average Bonchev–Trinajstić information content (AvgIpc) is 3.02. The second kappa shape index (κ2) is 21.4. The summed E-state index contributed by atoms with van der Waals surface area (Å²) < 4.78 is 16.1. The minimum absolute atomic E-state index is 0.0329. The largest absolute Gasteiger partial charge is 0.496 e. The van der Waals surface area contributed by atoms with Crippen molar-refractivity contribution >= 4 is 17.4 Å². The molecule has 7 nitrogen and oxygen atoms in total. The topological polar surface area (TPSA) is 68.3 Å². The maximum absolute atomic E-state index is 11.6. The van der Waals surface area contributed by atoms with Crippen LogP contribution in [0.25, 0.3) is 5.57 Å². The molecule has 1 heterocycles. The summed E-state index contributed by atoms with van der Waals surface area (Å²) in [5.41, 5.74) is 4.46. The van der Waals surface area contributed by atoms with Crippen LogP contribution < -0.4 is 9.47 Å². The van der Waals surface area contributed by atoms with E-state index in [1.807, 2.05) is 32.9 Å². The van der Waals surface area contributed by atoms with Gasteiger partial charge in [-0.15, -0.1) is 0 Å². The Morgan fingerprint density at radius 3 is 2.24 bits per heavy atom. The molecule has 1 amide bonds. The van der Waals surface area contributed by atoms with Crippen molar-refractivity contribution in [1.82, 2.24) is 9.80 Å². The first-order valence-electron chi connectivity index (χ1n) is 15.6. The smallest absolute Gasteiger partial charge is 0.409 e. The van der Waals surface area contributed by atoms with Crippen molar-refractivity contribution in [2.75, 3.05) is 53.0 Å². The molecule has 2 aromatic rings. The lowest BCUT2D eigenvalue weighted by Crippen LogP contribution is -2.49. The third kappa shape index (κ3) is 13.1. The molecule has 1 fully saturated rings. The van der Waals surface area contributed by atoms with Crippen molar-refractivity contribution in [2.24, 2.45) is 0 Å². The Morgan fingerprint density at radius 1 is 0.929 bits per heavy atom. The molecule has 7 heteroatoms. The van der Waals surface area contributed by atoms with Gasteiger partial charge in [-0.25, -0.2) is 4.79 Å². The lowest BCUT2D eigenvalue weighted by molar-refractivity contribution is 0.0757. The molecule has 0 atom stereocenters. The number of hydrogen-bond donors (Lipinski definition) is 0. The number of methoxy groups -OCH3 is 1. The number of nitrogens with zero attached hydrogens (tertiary/aromatic N) is 2. The molecule has 0 radical (unpaired) electrons. The van der Waals surface area contributed by atoms with Gasteiger partial charge in [-0.3, -0.25) is 9.69 Å².